The molecular formula is C23H28N2O6S2. The van der Waals surface area contributed by atoms with E-state index >= 15 is 0 Å². The van der Waals surface area contributed by atoms with Crippen LogP contribution < -0.4 is 10.1 Å². The van der Waals surface area contributed by atoms with Gasteiger partial charge in [-0.25, -0.2) is 8.42 Å². The van der Waals surface area contributed by atoms with Gasteiger partial charge < -0.3 is 19.5 Å². The van der Waals surface area contributed by atoms with Gasteiger partial charge in [-0.1, -0.05) is 12.1 Å². The lowest BCUT2D eigenvalue weighted by Crippen LogP contribution is -2.40. The summed E-state index contributed by atoms with van der Waals surface area (Å²) in [5, 5.41) is 2.85. The van der Waals surface area contributed by atoms with Crippen molar-refractivity contribution in [3.8, 4) is 5.75 Å². The van der Waals surface area contributed by atoms with Gasteiger partial charge in [-0.15, -0.1) is 11.8 Å². The van der Waals surface area contributed by atoms with Gasteiger partial charge >= 0.3 is 0 Å². The van der Waals surface area contributed by atoms with E-state index in [9.17, 15) is 13.2 Å². The molecule has 0 spiro atoms. The first kappa shape index (κ1) is 24.0. The van der Waals surface area contributed by atoms with Crippen molar-refractivity contribution in [1.82, 2.24) is 4.31 Å². The minimum atomic E-state index is -3.71. The molecule has 2 heterocycles. The highest BCUT2D eigenvalue weighted by Gasteiger charge is 2.27. The molecule has 2 aliphatic heterocycles. The minimum absolute atomic E-state index is 0.0987. The van der Waals surface area contributed by atoms with E-state index in [0.29, 0.717) is 43.3 Å². The summed E-state index contributed by atoms with van der Waals surface area (Å²) in [6.07, 6.45) is 2.30. The third-order valence-electron chi connectivity index (χ3n) is 5.61. The van der Waals surface area contributed by atoms with Crippen molar-refractivity contribution >= 4 is 33.4 Å². The lowest BCUT2D eigenvalue weighted by Gasteiger charge is -2.26. The van der Waals surface area contributed by atoms with E-state index in [-0.39, 0.29) is 16.9 Å². The molecule has 10 heteroatoms. The standard InChI is InChI=1S/C23H28N2O6S2/c1-29-21-9-8-18(33(27,28)25-10-13-30-14-11-25)15-20(21)24-23(26)19-6-2-3-7-22(19)32-16-17-5-4-12-31-17/h2-3,6-9,15,17H,4-5,10-14,16H2,1H3,(H,24,26). The lowest BCUT2D eigenvalue weighted by molar-refractivity contribution is 0.0730. The number of morpholine rings is 1. The fourth-order valence-corrected chi connectivity index (χ4v) is 6.36. The number of nitrogens with one attached hydrogen (secondary N) is 1. The fourth-order valence-electron chi connectivity index (χ4n) is 3.81. The molecule has 0 saturated carbocycles. The third-order valence-corrected chi connectivity index (χ3v) is 8.71. The van der Waals surface area contributed by atoms with Crippen LogP contribution in [0.1, 0.15) is 23.2 Å². The average molecular weight is 493 g/mol. The summed E-state index contributed by atoms with van der Waals surface area (Å²) in [6.45, 7) is 2.10. The summed E-state index contributed by atoms with van der Waals surface area (Å²) in [5.74, 6) is 0.833. The molecule has 0 radical (unpaired) electrons. The minimum Gasteiger partial charge on any atom is -0.495 e. The molecule has 2 saturated heterocycles. The SMILES string of the molecule is COc1ccc(S(=O)(=O)N2CCOCC2)cc1NC(=O)c1ccccc1SCC1CCCO1. The van der Waals surface area contributed by atoms with Crippen LogP contribution >= 0.6 is 11.8 Å². The largest absolute Gasteiger partial charge is 0.495 e. The predicted molar refractivity (Wildman–Crippen MR) is 127 cm³/mol. The monoisotopic (exact) mass is 492 g/mol. The van der Waals surface area contributed by atoms with E-state index < -0.39 is 10.0 Å². The van der Waals surface area contributed by atoms with Crippen molar-refractivity contribution in [3.05, 3.63) is 48.0 Å². The van der Waals surface area contributed by atoms with E-state index in [4.69, 9.17) is 14.2 Å². The van der Waals surface area contributed by atoms with Gasteiger partial charge in [0.05, 0.1) is 42.6 Å². The maximum Gasteiger partial charge on any atom is 0.256 e. The highest BCUT2D eigenvalue weighted by Crippen LogP contribution is 2.31. The number of nitrogens with zero attached hydrogens (tertiary/aromatic N) is 1. The zero-order valence-electron chi connectivity index (χ0n) is 18.5. The maximum absolute atomic E-state index is 13.2. The zero-order chi connectivity index (χ0) is 23.3. The molecule has 2 aliphatic rings. The molecule has 4 rings (SSSR count). The second kappa shape index (κ2) is 10.9. The summed E-state index contributed by atoms with van der Waals surface area (Å²) in [6, 6.07) is 11.9. The van der Waals surface area contributed by atoms with Crippen LogP contribution in [0, 0.1) is 0 Å². The molecule has 0 aliphatic carbocycles. The van der Waals surface area contributed by atoms with Crippen LogP contribution in [0.5, 0.6) is 5.75 Å². The van der Waals surface area contributed by atoms with Crippen LogP contribution in [0.4, 0.5) is 5.69 Å². The molecule has 0 aromatic heterocycles. The van der Waals surface area contributed by atoms with Crippen molar-refractivity contribution in [2.45, 2.75) is 28.7 Å². The van der Waals surface area contributed by atoms with Gasteiger partial charge in [0.25, 0.3) is 5.91 Å². The Morgan fingerprint density at radius 2 is 1.97 bits per heavy atom. The van der Waals surface area contributed by atoms with E-state index in [0.717, 1.165) is 30.1 Å². The molecule has 8 nitrogen and oxygen atoms in total. The first-order valence-corrected chi connectivity index (χ1v) is 13.3. The van der Waals surface area contributed by atoms with Crippen LogP contribution in [0.25, 0.3) is 0 Å². The molecular weight excluding hydrogens is 464 g/mol. The molecule has 2 fully saturated rings. The van der Waals surface area contributed by atoms with Crippen LogP contribution in [-0.2, 0) is 19.5 Å². The van der Waals surface area contributed by atoms with Gasteiger partial charge in [0.15, 0.2) is 0 Å². The second-order valence-electron chi connectivity index (χ2n) is 7.77. The summed E-state index contributed by atoms with van der Waals surface area (Å²) in [7, 11) is -2.23. The zero-order valence-corrected chi connectivity index (χ0v) is 20.1. The van der Waals surface area contributed by atoms with Gasteiger partial charge in [-0.05, 0) is 43.2 Å². The Morgan fingerprint density at radius 3 is 2.70 bits per heavy atom. The summed E-state index contributed by atoms with van der Waals surface area (Å²) in [4.78, 5) is 14.1. The summed E-state index contributed by atoms with van der Waals surface area (Å²) < 4.78 is 43.8. The highest BCUT2D eigenvalue weighted by molar-refractivity contribution is 7.99. The number of rotatable bonds is 8. The Hall–Kier alpha value is -2.11. The Morgan fingerprint density at radius 1 is 1.18 bits per heavy atom. The van der Waals surface area contributed by atoms with Crippen LogP contribution in [0.3, 0.4) is 0 Å². The third kappa shape index (κ3) is 5.70. The Bertz CT molecular complexity index is 1080. The number of amides is 1. The Labute approximate surface area is 198 Å². The molecule has 1 amide bonds. The van der Waals surface area contributed by atoms with Crippen molar-refractivity contribution in [1.29, 1.82) is 0 Å². The van der Waals surface area contributed by atoms with E-state index in [2.05, 4.69) is 5.32 Å². The van der Waals surface area contributed by atoms with E-state index in [1.165, 1.54) is 23.5 Å². The lowest BCUT2D eigenvalue weighted by atomic mass is 10.2. The summed E-state index contributed by atoms with van der Waals surface area (Å²) >= 11 is 1.59. The number of sulfonamides is 1. The quantitative estimate of drug-likeness (QED) is 0.566. The van der Waals surface area contributed by atoms with Gasteiger partial charge in [0, 0.05) is 30.3 Å². The Balaban J connectivity index is 1.54. The number of methoxy groups -OCH3 is 1. The molecule has 2 aromatic carbocycles. The van der Waals surface area contributed by atoms with Gasteiger partial charge in [-0.3, -0.25) is 4.79 Å². The van der Waals surface area contributed by atoms with Crippen molar-refractivity contribution in [2.24, 2.45) is 0 Å². The maximum atomic E-state index is 13.2. The molecule has 0 bridgehead atoms. The van der Waals surface area contributed by atoms with Gasteiger partial charge in [0.1, 0.15) is 5.75 Å². The average Bonchev–Trinajstić information content (AvgIpc) is 3.37. The fraction of sp³-hybridized carbons (Fsp3) is 0.435. The number of benzene rings is 2. The topological polar surface area (TPSA) is 94.2 Å². The van der Waals surface area contributed by atoms with Gasteiger partial charge in [0.2, 0.25) is 10.0 Å². The molecule has 178 valence electrons. The highest BCUT2D eigenvalue weighted by atomic mass is 32.2. The number of thioether (sulfide) groups is 1. The van der Waals surface area contributed by atoms with Crippen LogP contribution in [0.2, 0.25) is 0 Å². The van der Waals surface area contributed by atoms with E-state index in [1.54, 1.807) is 23.9 Å². The number of ether oxygens (including phenoxy) is 3. The predicted octanol–water partition coefficient (Wildman–Crippen LogP) is 3.24. The number of anilines is 1. The summed E-state index contributed by atoms with van der Waals surface area (Å²) in [5.41, 5.74) is 0.819. The second-order valence-corrected chi connectivity index (χ2v) is 10.8. The molecule has 2 aromatic rings. The number of hydrogen-bond donors (Lipinski definition) is 1. The van der Waals surface area contributed by atoms with Gasteiger partial charge in [-0.2, -0.15) is 4.31 Å². The van der Waals surface area contributed by atoms with Crippen LogP contribution in [0.15, 0.2) is 52.3 Å². The molecule has 33 heavy (non-hydrogen) atoms. The number of hydrogen-bond acceptors (Lipinski definition) is 7. The van der Waals surface area contributed by atoms with Crippen molar-refractivity contribution < 1.29 is 27.4 Å². The molecule has 1 atom stereocenters. The normalized spacial score (nSPS) is 19.4. The number of carbonyl (C=O) groups excluding carboxylic acids is 1. The smallest absolute Gasteiger partial charge is 0.256 e. The first-order chi connectivity index (χ1) is 16.0. The van der Waals surface area contributed by atoms with Crippen molar-refractivity contribution in [3.63, 3.8) is 0 Å². The Kier molecular flexibility index (Phi) is 7.92. The van der Waals surface area contributed by atoms with E-state index in [1.807, 2.05) is 18.2 Å². The molecule has 1 unspecified atom stereocenters. The van der Waals surface area contributed by atoms with Crippen LogP contribution in [-0.4, -0.2) is 70.5 Å². The molecule has 1 N–H and O–H groups in total. The number of carbonyl (C=O) groups is 1. The van der Waals surface area contributed by atoms with Crippen molar-refractivity contribution in [2.75, 3.05) is 51.1 Å². The first-order valence-electron chi connectivity index (χ1n) is 10.9.